The summed E-state index contributed by atoms with van der Waals surface area (Å²) in [4.78, 5) is 15.3. The fourth-order valence-electron chi connectivity index (χ4n) is 3.51. The number of ether oxygens (including phenoxy) is 1. The van der Waals surface area contributed by atoms with Crippen LogP contribution in [0.3, 0.4) is 0 Å². The minimum atomic E-state index is -0.128. The van der Waals surface area contributed by atoms with Crippen molar-refractivity contribution in [2.24, 2.45) is 5.10 Å². The molecule has 2 aliphatic rings. The second-order valence-electron chi connectivity index (χ2n) is 6.78. The molecule has 1 saturated heterocycles. The molecule has 4 rings (SSSR count). The average molecular weight is 361 g/mol. The molecule has 27 heavy (non-hydrogen) atoms. The Kier molecular flexibility index (Phi) is 5.03. The summed E-state index contributed by atoms with van der Waals surface area (Å²) in [7, 11) is 1.61. The van der Waals surface area contributed by atoms with Crippen LogP contribution in [0.4, 0.5) is 11.4 Å². The topological polar surface area (TPSA) is 45.1 Å². The summed E-state index contributed by atoms with van der Waals surface area (Å²) in [6.45, 7) is 2.54. The Morgan fingerprint density at radius 2 is 1.70 bits per heavy atom. The third kappa shape index (κ3) is 3.64. The van der Waals surface area contributed by atoms with Crippen LogP contribution in [0.2, 0.25) is 0 Å². The van der Waals surface area contributed by atoms with E-state index >= 15 is 0 Å². The van der Waals surface area contributed by atoms with E-state index in [1.54, 1.807) is 7.11 Å². The number of nitrogens with zero attached hydrogens (tertiary/aromatic N) is 3. The molecule has 0 spiro atoms. The molecule has 0 aromatic heterocycles. The van der Waals surface area contributed by atoms with E-state index < -0.39 is 0 Å². The van der Waals surface area contributed by atoms with Crippen LogP contribution < -0.4 is 9.91 Å². The van der Waals surface area contributed by atoms with E-state index in [1.807, 2.05) is 36.4 Å². The SMILES string of the molecule is COCC1=NN(c2ccccc2)C(=O)/C1=C\c1ccc(N2CCCC2)cc1. The fraction of sp³-hybridized carbons (Fsp3) is 0.273. The van der Waals surface area contributed by atoms with E-state index in [0.717, 1.165) is 24.3 Å². The second kappa shape index (κ2) is 7.76. The normalized spacial score (nSPS) is 18.5. The van der Waals surface area contributed by atoms with Crippen molar-refractivity contribution < 1.29 is 9.53 Å². The second-order valence-corrected chi connectivity index (χ2v) is 6.78. The highest BCUT2D eigenvalue weighted by atomic mass is 16.5. The zero-order valence-corrected chi connectivity index (χ0v) is 15.5. The highest BCUT2D eigenvalue weighted by Crippen LogP contribution is 2.26. The molecule has 5 heteroatoms. The van der Waals surface area contributed by atoms with E-state index in [1.165, 1.54) is 23.5 Å². The van der Waals surface area contributed by atoms with E-state index in [9.17, 15) is 4.79 Å². The van der Waals surface area contributed by atoms with Crippen molar-refractivity contribution in [3.05, 3.63) is 65.7 Å². The molecule has 2 aromatic carbocycles. The monoisotopic (exact) mass is 361 g/mol. The van der Waals surface area contributed by atoms with Crippen molar-refractivity contribution in [2.45, 2.75) is 12.8 Å². The van der Waals surface area contributed by atoms with E-state index in [4.69, 9.17) is 4.74 Å². The Morgan fingerprint density at radius 1 is 1.00 bits per heavy atom. The minimum Gasteiger partial charge on any atom is -0.378 e. The first-order valence-corrected chi connectivity index (χ1v) is 9.29. The molecule has 2 aromatic rings. The molecule has 2 aliphatic heterocycles. The standard InChI is InChI=1S/C22H23N3O2/c1-27-16-21-20(22(26)25(23-21)19-7-3-2-4-8-19)15-17-9-11-18(12-10-17)24-13-5-6-14-24/h2-4,7-12,15H,5-6,13-14,16H2,1H3/b20-15-. The van der Waals surface area contributed by atoms with Crippen LogP contribution in [0, 0.1) is 0 Å². The molecule has 0 unspecified atom stereocenters. The van der Waals surface area contributed by atoms with Crippen LogP contribution in [-0.4, -0.2) is 38.4 Å². The number of anilines is 2. The van der Waals surface area contributed by atoms with E-state index in [-0.39, 0.29) is 5.91 Å². The van der Waals surface area contributed by atoms with Gasteiger partial charge < -0.3 is 9.64 Å². The molecule has 0 atom stereocenters. The molecule has 5 nitrogen and oxygen atoms in total. The van der Waals surface area contributed by atoms with Crippen LogP contribution in [0.1, 0.15) is 18.4 Å². The zero-order valence-electron chi connectivity index (χ0n) is 15.5. The lowest BCUT2D eigenvalue weighted by Gasteiger charge is -2.17. The predicted octanol–water partition coefficient (Wildman–Crippen LogP) is 3.72. The molecule has 1 amide bonds. The van der Waals surface area contributed by atoms with Crippen molar-refractivity contribution in [2.75, 3.05) is 36.7 Å². The van der Waals surface area contributed by atoms with Gasteiger partial charge in [-0.15, -0.1) is 0 Å². The number of para-hydroxylation sites is 1. The molecule has 1 fully saturated rings. The summed E-state index contributed by atoms with van der Waals surface area (Å²) < 4.78 is 5.26. The average Bonchev–Trinajstić information content (AvgIpc) is 3.34. The molecule has 0 aliphatic carbocycles. The number of hydrazone groups is 1. The lowest BCUT2D eigenvalue weighted by atomic mass is 10.1. The Balaban J connectivity index is 1.61. The maximum absolute atomic E-state index is 13.0. The van der Waals surface area contributed by atoms with Gasteiger partial charge in [-0.2, -0.15) is 10.1 Å². The molecule has 138 valence electrons. The number of carbonyl (C=O) groups excluding carboxylic acids is 1. The van der Waals surface area contributed by atoms with Gasteiger partial charge in [0.15, 0.2) is 0 Å². The molecule has 2 heterocycles. The largest absolute Gasteiger partial charge is 0.378 e. The summed E-state index contributed by atoms with van der Waals surface area (Å²) in [6, 6.07) is 17.8. The maximum Gasteiger partial charge on any atom is 0.280 e. The smallest absolute Gasteiger partial charge is 0.280 e. The summed E-state index contributed by atoms with van der Waals surface area (Å²) in [5.74, 6) is -0.128. The minimum absolute atomic E-state index is 0.128. The number of hydrogen-bond donors (Lipinski definition) is 0. The molecular weight excluding hydrogens is 338 g/mol. The third-order valence-corrected chi connectivity index (χ3v) is 4.91. The quantitative estimate of drug-likeness (QED) is 0.763. The first-order valence-electron chi connectivity index (χ1n) is 9.29. The van der Waals surface area contributed by atoms with Gasteiger partial charge in [-0.1, -0.05) is 30.3 Å². The van der Waals surface area contributed by atoms with Crippen LogP contribution in [0.25, 0.3) is 6.08 Å². The Labute approximate surface area is 159 Å². The predicted molar refractivity (Wildman–Crippen MR) is 109 cm³/mol. The van der Waals surface area contributed by atoms with Crippen molar-refractivity contribution in [1.82, 2.24) is 0 Å². The van der Waals surface area contributed by atoms with Crippen molar-refractivity contribution >= 4 is 29.1 Å². The number of benzene rings is 2. The van der Waals surface area contributed by atoms with Gasteiger partial charge in [0, 0.05) is 25.9 Å². The fourth-order valence-corrected chi connectivity index (χ4v) is 3.51. The summed E-state index contributed by atoms with van der Waals surface area (Å²) >= 11 is 0. The van der Waals surface area contributed by atoms with Gasteiger partial charge in [-0.25, -0.2) is 0 Å². The Morgan fingerprint density at radius 3 is 2.37 bits per heavy atom. The van der Waals surface area contributed by atoms with Gasteiger partial charge in [0.25, 0.3) is 5.91 Å². The lowest BCUT2D eigenvalue weighted by molar-refractivity contribution is -0.114. The van der Waals surface area contributed by atoms with Gasteiger partial charge in [0.2, 0.25) is 0 Å². The lowest BCUT2D eigenvalue weighted by Crippen LogP contribution is -2.21. The summed E-state index contributed by atoms with van der Waals surface area (Å²) in [6.07, 6.45) is 4.41. The molecular formula is C22H23N3O2. The molecule has 0 radical (unpaired) electrons. The number of methoxy groups -OCH3 is 1. The number of carbonyl (C=O) groups is 1. The van der Waals surface area contributed by atoms with Gasteiger partial charge in [-0.05, 0) is 48.7 Å². The Hall–Kier alpha value is -2.92. The first kappa shape index (κ1) is 17.5. The number of hydrogen-bond acceptors (Lipinski definition) is 4. The number of amides is 1. The van der Waals surface area contributed by atoms with Gasteiger partial charge in [0.05, 0.1) is 23.6 Å². The molecule has 0 N–H and O–H groups in total. The molecule has 0 saturated carbocycles. The maximum atomic E-state index is 13.0. The summed E-state index contributed by atoms with van der Waals surface area (Å²) in [5.41, 5.74) is 4.21. The van der Waals surface area contributed by atoms with Crippen molar-refractivity contribution in [3.8, 4) is 0 Å². The Bertz CT molecular complexity index is 866. The summed E-state index contributed by atoms with van der Waals surface area (Å²) in [5, 5.41) is 5.93. The number of rotatable bonds is 5. The molecule has 0 bridgehead atoms. The third-order valence-electron chi connectivity index (χ3n) is 4.91. The first-order chi connectivity index (χ1) is 13.3. The van der Waals surface area contributed by atoms with E-state index in [0.29, 0.717) is 17.9 Å². The van der Waals surface area contributed by atoms with Crippen molar-refractivity contribution in [1.29, 1.82) is 0 Å². The zero-order chi connectivity index (χ0) is 18.6. The van der Waals surface area contributed by atoms with Crippen LogP contribution in [-0.2, 0) is 9.53 Å². The van der Waals surface area contributed by atoms with Crippen molar-refractivity contribution in [3.63, 3.8) is 0 Å². The van der Waals surface area contributed by atoms with Crippen LogP contribution in [0.15, 0.2) is 65.3 Å². The highest BCUT2D eigenvalue weighted by molar-refractivity contribution is 6.33. The van der Waals surface area contributed by atoms with Crippen LogP contribution in [0.5, 0.6) is 0 Å². The van der Waals surface area contributed by atoms with Gasteiger partial charge >= 0.3 is 0 Å². The van der Waals surface area contributed by atoms with Gasteiger partial charge in [0.1, 0.15) is 0 Å². The van der Waals surface area contributed by atoms with Gasteiger partial charge in [-0.3, -0.25) is 4.79 Å². The van der Waals surface area contributed by atoms with Crippen LogP contribution >= 0.6 is 0 Å². The van der Waals surface area contributed by atoms with E-state index in [2.05, 4.69) is 34.3 Å². The highest BCUT2D eigenvalue weighted by Gasteiger charge is 2.30.